The standard InChI is InChI=1S/C14H20N2O3S/c1-8-4-6-16(7-5-8)14(19)15-12-11(13(17)18)9(2)10(3)20-12/h8H,4-7H2,1-3H3,(H,15,19)(H,17,18). The Morgan fingerprint density at radius 2 is 1.90 bits per heavy atom. The van der Waals surface area contributed by atoms with Crippen molar-refractivity contribution < 1.29 is 14.7 Å². The molecule has 5 nitrogen and oxygen atoms in total. The van der Waals surface area contributed by atoms with Crippen LogP contribution in [0.3, 0.4) is 0 Å². The van der Waals surface area contributed by atoms with Gasteiger partial charge in [0.15, 0.2) is 0 Å². The van der Waals surface area contributed by atoms with E-state index in [4.69, 9.17) is 0 Å². The van der Waals surface area contributed by atoms with Gasteiger partial charge in [-0.3, -0.25) is 5.32 Å². The first-order valence-electron chi connectivity index (χ1n) is 6.79. The predicted molar refractivity (Wildman–Crippen MR) is 79.7 cm³/mol. The minimum Gasteiger partial charge on any atom is -0.478 e. The van der Waals surface area contributed by atoms with Crippen LogP contribution in [0, 0.1) is 19.8 Å². The van der Waals surface area contributed by atoms with E-state index in [1.54, 1.807) is 11.8 Å². The van der Waals surface area contributed by atoms with Crippen LogP contribution in [0.5, 0.6) is 0 Å². The fourth-order valence-corrected chi connectivity index (χ4v) is 3.40. The molecule has 2 rings (SSSR count). The molecule has 0 spiro atoms. The Morgan fingerprint density at radius 1 is 1.30 bits per heavy atom. The lowest BCUT2D eigenvalue weighted by Crippen LogP contribution is -2.40. The van der Waals surface area contributed by atoms with Crippen LogP contribution >= 0.6 is 11.3 Å². The molecule has 1 fully saturated rings. The minimum absolute atomic E-state index is 0.194. The van der Waals surface area contributed by atoms with Gasteiger partial charge in [0.05, 0.1) is 5.56 Å². The van der Waals surface area contributed by atoms with Crippen molar-refractivity contribution in [3.63, 3.8) is 0 Å². The van der Waals surface area contributed by atoms with E-state index < -0.39 is 5.97 Å². The summed E-state index contributed by atoms with van der Waals surface area (Å²) in [6.45, 7) is 7.29. The lowest BCUT2D eigenvalue weighted by Gasteiger charge is -2.30. The zero-order valence-corrected chi connectivity index (χ0v) is 12.8. The number of aryl methyl sites for hydroxylation is 1. The Hall–Kier alpha value is -1.56. The number of carbonyl (C=O) groups is 2. The third-order valence-electron chi connectivity index (χ3n) is 3.89. The van der Waals surface area contributed by atoms with Crippen LogP contribution in [0.1, 0.15) is 40.6 Å². The molecule has 1 aliphatic rings. The topological polar surface area (TPSA) is 69.6 Å². The smallest absolute Gasteiger partial charge is 0.338 e. The highest BCUT2D eigenvalue weighted by Gasteiger charge is 2.24. The van der Waals surface area contributed by atoms with Crippen LogP contribution in [-0.2, 0) is 0 Å². The number of hydrogen-bond acceptors (Lipinski definition) is 3. The molecule has 0 aromatic carbocycles. The summed E-state index contributed by atoms with van der Waals surface area (Å²) in [6, 6.07) is -0.194. The van der Waals surface area contributed by atoms with Gasteiger partial charge in [-0.2, -0.15) is 0 Å². The summed E-state index contributed by atoms with van der Waals surface area (Å²) in [5, 5.41) is 12.5. The molecule has 0 bridgehead atoms. The SMILES string of the molecule is Cc1sc(NC(=O)N2CCC(C)CC2)c(C(=O)O)c1C. The van der Waals surface area contributed by atoms with E-state index in [0.29, 0.717) is 10.9 Å². The number of nitrogens with one attached hydrogen (secondary N) is 1. The third-order valence-corrected chi connectivity index (χ3v) is 5.01. The van der Waals surface area contributed by atoms with Crippen molar-refractivity contribution in [1.82, 2.24) is 4.90 Å². The molecule has 0 saturated carbocycles. The second-order valence-electron chi connectivity index (χ2n) is 5.39. The molecular weight excluding hydrogens is 276 g/mol. The van der Waals surface area contributed by atoms with Crippen LogP contribution in [-0.4, -0.2) is 35.1 Å². The Balaban J connectivity index is 2.12. The van der Waals surface area contributed by atoms with Gasteiger partial charge in [-0.15, -0.1) is 11.3 Å². The average Bonchev–Trinajstić information content (AvgIpc) is 2.65. The van der Waals surface area contributed by atoms with Gasteiger partial charge >= 0.3 is 12.0 Å². The molecule has 0 radical (unpaired) electrons. The van der Waals surface area contributed by atoms with E-state index in [1.165, 1.54) is 11.3 Å². The Labute approximate surface area is 122 Å². The van der Waals surface area contributed by atoms with Gasteiger partial charge in [0, 0.05) is 18.0 Å². The zero-order valence-electron chi connectivity index (χ0n) is 12.0. The second-order valence-corrected chi connectivity index (χ2v) is 6.62. The number of hydrogen-bond donors (Lipinski definition) is 2. The number of urea groups is 1. The van der Waals surface area contributed by atoms with Gasteiger partial charge in [-0.05, 0) is 38.2 Å². The Morgan fingerprint density at radius 3 is 2.45 bits per heavy atom. The molecule has 1 aromatic heterocycles. The van der Waals surface area contributed by atoms with Crippen molar-refractivity contribution in [3.05, 3.63) is 16.0 Å². The Kier molecular flexibility index (Phi) is 4.32. The number of nitrogens with zero attached hydrogens (tertiary/aromatic N) is 1. The Bertz CT molecular complexity index is 531. The van der Waals surface area contributed by atoms with Gasteiger partial charge < -0.3 is 10.0 Å². The first kappa shape index (κ1) is 14.8. The molecule has 2 amide bonds. The molecule has 1 aromatic rings. The largest absolute Gasteiger partial charge is 0.478 e. The second kappa shape index (κ2) is 5.83. The lowest BCUT2D eigenvalue weighted by molar-refractivity contribution is 0.0697. The summed E-state index contributed by atoms with van der Waals surface area (Å²) in [6.07, 6.45) is 2.00. The van der Waals surface area contributed by atoms with Crippen molar-refractivity contribution in [2.24, 2.45) is 5.92 Å². The lowest BCUT2D eigenvalue weighted by atomic mass is 10.00. The maximum Gasteiger partial charge on any atom is 0.338 e. The molecule has 6 heteroatoms. The molecule has 2 N–H and O–H groups in total. The molecule has 110 valence electrons. The summed E-state index contributed by atoms with van der Waals surface area (Å²) >= 11 is 1.32. The van der Waals surface area contributed by atoms with Gasteiger partial charge in [-0.25, -0.2) is 9.59 Å². The number of anilines is 1. The number of aromatic carboxylic acids is 1. The van der Waals surface area contributed by atoms with Crippen molar-refractivity contribution in [2.45, 2.75) is 33.6 Å². The first-order chi connectivity index (χ1) is 9.40. The molecular formula is C14H20N2O3S. The van der Waals surface area contributed by atoms with E-state index >= 15 is 0 Å². The summed E-state index contributed by atoms with van der Waals surface area (Å²) < 4.78 is 0. The molecule has 1 saturated heterocycles. The summed E-state index contributed by atoms with van der Waals surface area (Å²) in [5.74, 6) is -0.339. The van der Waals surface area contributed by atoms with Gasteiger partial charge in [0.2, 0.25) is 0 Å². The third kappa shape index (κ3) is 2.95. The quantitative estimate of drug-likeness (QED) is 0.879. The number of rotatable bonds is 2. The monoisotopic (exact) mass is 296 g/mol. The maximum atomic E-state index is 12.2. The number of carboxylic acids is 1. The van der Waals surface area contributed by atoms with Crippen LogP contribution in [0.25, 0.3) is 0 Å². The van der Waals surface area contributed by atoms with Gasteiger partial charge in [0.1, 0.15) is 5.00 Å². The molecule has 0 aliphatic carbocycles. The molecule has 0 unspecified atom stereocenters. The van der Waals surface area contributed by atoms with E-state index in [-0.39, 0.29) is 11.6 Å². The zero-order chi connectivity index (χ0) is 14.9. The summed E-state index contributed by atoms with van der Waals surface area (Å²) in [4.78, 5) is 26.2. The van der Waals surface area contributed by atoms with Crippen molar-refractivity contribution in [1.29, 1.82) is 0 Å². The molecule has 2 heterocycles. The summed E-state index contributed by atoms with van der Waals surface area (Å²) in [7, 11) is 0. The van der Waals surface area contributed by atoms with E-state index in [0.717, 1.165) is 36.4 Å². The number of amides is 2. The van der Waals surface area contributed by atoms with Crippen molar-refractivity contribution in [3.8, 4) is 0 Å². The first-order valence-corrected chi connectivity index (χ1v) is 7.61. The van der Waals surface area contributed by atoms with Gasteiger partial charge in [0.25, 0.3) is 0 Å². The van der Waals surface area contributed by atoms with E-state index in [1.807, 2.05) is 6.92 Å². The molecule has 1 aliphatic heterocycles. The van der Waals surface area contributed by atoms with Crippen LogP contribution in [0.4, 0.5) is 9.80 Å². The van der Waals surface area contributed by atoms with Crippen molar-refractivity contribution >= 4 is 28.3 Å². The van der Waals surface area contributed by atoms with Crippen LogP contribution in [0.2, 0.25) is 0 Å². The average molecular weight is 296 g/mol. The fourth-order valence-electron chi connectivity index (χ4n) is 2.36. The van der Waals surface area contributed by atoms with Crippen LogP contribution < -0.4 is 5.32 Å². The number of thiophene rings is 1. The molecule has 0 atom stereocenters. The number of carboxylic acid groups (broad SMARTS) is 1. The van der Waals surface area contributed by atoms with E-state index in [2.05, 4.69) is 12.2 Å². The predicted octanol–water partition coefficient (Wildman–Crippen LogP) is 3.33. The fraction of sp³-hybridized carbons (Fsp3) is 0.571. The minimum atomic E-state index is -0.991. The highest BCUT2D eigenvalue weighted by Crippen LogP contribution is 2.32. The van der Waals surface area contributed by atoms with Gasteiger partial charge in [-0.1, -0.05) is 6.92 Å². The van der Waals surface area contributed by atoms with Crippen molar-refractivity contribution in [2.75, 3.05) is 18.4 Å². The normalized spacial score (nSPS) is 16.2. The van der Waals surface area contributed by atoms with Crippen LogP contribution in [0.15, 0.2) is 0 Å². The number of likely N-dealkylation sites (tertiary alicyclic amines) is 1. The summed E-state index contributed by atoms with van der Waals surface area (Å²) in [5.41, 5.74) is 0.941. The van der Waals surface area contributed by atoms with E-state index in [9.17, 15) is 14.7 Å². The number of carbonyl (C=O) groups excluding carboxylic acids is 1. The highest BCUT2D eigenvalue weighted by atomic mass is 32.1. The maximum absolute atomic E-state index is 12.2. The highest BCUT2D eigenvalue weighted by molar-refractivity contribution is 7.16. The number of piperidine rings is 1. The molecule has 20 heavy (non-hydrogen) atoms.